The molecule has 0 unspecified atom stereocenters. The number of hydrogen-bond donors (Lipinski definition) is 3. The Morgan fingerprint density at radius 1 is 0.960 bits per heavy atom. The minimum absolute atomic E-state index is 0.110. The number of hydrogen-bond acceptors (Lipinski definition) is 3. The Balaban J connectivity index is 1.71. The average Bonchev–Trinajstić information content (AvgIpc) is 3.30. The normalized spacial score (nSPS) is 19.8. The molecule has 0 spiro atoms. The summed E-state index contributed by atoms with van der Waals surface area (Å²) in [7, 11) is 0. The fourth-order valence-corrected chi connectivity index (χ4v) is 4.75. The molecule has 2 aromatic carbocycles. The number of phenols is 1. The minimum atomic E-state index is 0.110. The Labute approximate surface area is 150 Å². The van der Waals surface area contributed by atoms with Gasteiger partial charge >= 0.3 is 0 Å². The highest BCUT2D eigenvalue weighted by atomic mass is 32.1. The second-order valence-corrected chi connectivity index (χ2v) is 7.48. The molecule has 5 rings (SSSR count). The van der Waals surface area contributed by atoms with Gasteiger partial charge in [-0.25, -0.2) is 0 Å². The van der Waals surface area contributed by atoms with Gasteiger partial charge in [0.25, 0.3) is 0 Å². The highest BCUT2D eigenvalue weighted by Gasteiger charge is 2.32. The van der Waals surface area contributed by atoms with Gasteiger partial charge in [-0.2, -0.15) is 0 Å². The van der Waals surface area contributed by atoms with Crippen LogP contribution in [0.1, 0.15) is 33.7 Å². The molecule has 4 heteroatoms. The summed E-state index contributed by atoms with van der Waals surface area (Å²) in [4.78, 5) is 5.04. The van der Waals surface area contributed by atoms with Crippen molar-refractivity contribution >= 4 is 22.2 Å². The molecule has 0 amide bonds. The summed E-state index contributed by atoms with van der Waals surface area (Å²) in [6, 6.07) is 20.5. The maximum absolute atomic E-state index is 9.60. The quantitative estimate of drug-likeness (QED) is 0.490. The topological polar surface area (TPSA) is 48.0 Å². The van der Waals surface area contributed by atoms with Crippen molar-refractivity contribution in [3.8, 4) is 5.75 Å². The lowest BCUT2D eigenvalue weighted by Crippen LogP contribution is -2.33. The lowest BCUT2D eigenvalue weighted by atomic mass is 9.86. The molecule has 2 aromatic heterocycles. The number of rotatable bonds is 2. The van der Waals surface area contributed by atoms with Crippen LogP contribution in [0.25, 0.3) is 10.9 Å². The van der Waals surface area contributed by atoms with E-state index in [1.54, 1.807) is 12.1 Å². The Morgan fingerprint density at radius 3 is 2.60 bits per heavy atom. The lowest BCUT2D eigenvalue weighted by Gasteiger charge is -2.30. The van der Waals surface area contributed by atoms with Crippen molar-refractivity contribution in [2.24, 2.45) is 0 Å². The number of aromatic nitrogens is 1. The summed E-state index contributed by atoms with van der Waals surface area (Å²) < 4.78 is 0. The number of thiophene rings is 1. The molecule has 25 heavy (non-hydrogen) atoms. The first-order valence-corrected chi connectivity index (χ1v) is 9.35. The number of phenolic OH excluding ortho intramolecular Hbond substituents is 1. The number of aromatic amines is 1. The van der Waals surface area contributed by atoms with E-state index in [2.05, 4.69) is 52.1 Å². The molecule has 124 valence electrons. The summed E-state index contributed by atoms with van der Waals surface area (Å²) in [5.74, 6) is 0.660. The fourth-order valence-electron chi connectivity index (χ4n) is 3.91. The second kappa shape index (κ2) is 5.76. The van der Waals surface area contributed by atoms with E-state index in [1.807, 2.05) is 23.5 Å². The van der Waals surface area contributed by atoms with E-state index >= 15 is 0 Å². The van der Waals surface area contributed by atoms with Crippen LogP contribution in [0.2, 0.25) is 0 Å². The molecule has 1 aliphatic rings. The maximum Gasteiger partial charge on any atom is 0.115 e. The Morgan fingerprint density at radius 2 is 1.80 bits per heavy atom. The Kier molecular flexibility index (Phi) is 3.40. The molecule has 0 aliphatic carbocycles. The van der Waals surface area contributed by atoms with Crippen LogP contribution in [-0.2, 0) is 0 Å². The maximum atomic E-state index is 9.60. The third-order valence-corrected chi connectivity index (χ3v) is 6.04. The van der Waals surface area contributed by atoms with E-state index in [0.29, 0.717) is 11.7 Å². The number of benzene rings is 2. The number of para-hydroxylation sites is 1. The van der Waals surface area contributed by atoms with Crippen LogP contribution >= 0.6 is 11.3 Å². The molecule has 4 aromatic rings. The summed E-state index contributed by atoms with van der Waals surface area (Å²) in [5.41, 5.74) is 4.98. The van der Waals surface area contributed by atoms with Crippen LogP contribution in [0.3, 0.4) is 0 Å². The molecule has 0 fully saturated rings. The van der Waals surface area contributed by atoms with Gasteiger partial charge in [-0.15, -0.1) is 11.3 Å². The van der Waals surface area contributed by atoms with Gasteiger partial charge in [0.15, 0.2) is 0 Å². The smallest absolute Gasteiger partial charge is 0.115 e. The van der Waals surface area contributed by atoms with Crippen LogP contribution in [-0.4, -0.2) is 16.6 Å². The van der Waals surface area contributed by atoms with Crippen molar-refractivity contribution in [1.82, 2.24) is 10.3 Å². The fraction of sp³-hybridized carbons (Fsp3) is 0.143. The summed E-state index contributed by atoms with van der Waals surface area (Å²) >= 11 is 1.82. The van der Waals surface area contributed by atoms with Crippen molar-refractivity contribution in [3.05, 3.63) is 87.7 Å². The average molecular weight is 346 g/mol. The van der Waals surface area contributed by atoms with E-state index in [-0.39, 0.29) is 6.04 Å². The van der Waals surface area contributed by atoms with Crippen LogP contribution in [0, 0.1) is 0 Å². The lowest BCUT2D eigenvalue weighted by molar-refractivity contribution is 0.474. The van der Waals surface area contributed by atoms with Gasteiger partial charge in [-0.3, -0.25) is 0 Å². The van der Waals surface area contributed by atoms with E-state index < -0.39 is 0 Å². The Bertz CT molecular complexity index is 1020. The van der Waals surface area contributed by atoms with E-state index in [4.69, 9.17) is 0 Å². The van der Waals surface area contributed by atoms with Crippen molar-refractivity contribution in [3.63, 3.8) is 0 Å². The zero-order valence-electron chi connectivity index (χ0n) is 13.6. The molecule has 1 aliphatic heterocycles. The molecule has 3 heterocycles. The van der Waals surface area contributed by atoms with Crippen molar-refractivity contribution in [2.75, 3.05) is 6.54 Å². The van der Waals surface area contributed by atoms with Crippen molar-refractivity contribution in [1.29, 1.82) is 0 Å². The highest BCUT2D eigenvalue weighted by molar-refractivity contribution is 7.10. The van der Waals surface area contributed by atoms with Crippen LogP contribution in [0.5, 0.6) is 5.75 Å². The molecule has 3 N–H and O–H groups in total. The summed E-state index contributed by atoms with van der Waals surface area (Å²) in [6.07, 6.45) is 0. The molecule has 2 atom stereocenters. The highest BCUT2D eigenvalue weighted by Crippen LogP contribution is 2.42. The van der Waals surface area contributed by atoms with Crippen LogP contribution < -0.4 is 5.32 Å². The first-order valence-electron chi connectivity index (χ1n) is 8.47. The predicted molar refractivity (Wildman–Crippen MR) is 102 cm³/mol. The molecule has 3 nitrogen and oxygen atoms in total. The number of fused-ring (bicyclic) bond motifs is 3. The van der Waals surface area contributed by atoms with Gasteiger partial charge in [0.2, 0.25) is 0 Å². The van der Waals surface area contributed by atoms with Crippen molar-refractivity contribution in [2.45, 2.75) is 12.0 Å². The largest absolute Gasteiger partial charge is 0.508 e. The molecule has 0 radical (unpaired) electrons. The number of aromatic hydroxyl groups is 1. The van der Waals surface area contributed by atoms with Gasteiger partial charge in [-0.05, 0) is 40.8 Å². The molecule has 0 saturated carbocycles. The third-order valence-electron chi connectivity index (χ3n) is 5.05. The second-order valence-electron chi connectivity index (χ2n) is 6.50. The van der Waals surface area contributed by atoms with Gasteiger partial charge in [-0.1, -0.05) is 36.4 Å². The summed E-state index contributed by atoms with van der Waals surface area (Å²) in [6.45, 7) is 0.904. The van der Waals surface area contributed by atoms with E-state index in [9.17, 15) is 5.11 Å². The third kappa shape index (κ3) is 2.37. The van der Waals surface area contributed by atoms with Crippen molar-refractivity contribution < 1.29 is 5.11 Å². The molecular weight excluding hydrogens is 328 g/mol. The SMILES string of the molecule is Oc1ccc([C@H]2NC[C@@H](c3cccs3)c3c2[nH]c2ccccc32)cc1. The van der Waals surface area contributed by atoms with Gasteiger partial charge < -0.3 is 15.4 Å². The van der Waals surface area contributed by atoms with Crippen LogP contribution in [0.4, 0.5) is 0 Å². The standard InChI is InChI=1S/C21H18N2OS/c24-14-9-7-13(8-10-14)20-21-19(15-4-1-2-5-17(15)23-21)16(12-22-20)18-6-3-11-25-18/h1-11,16,20,22-24H,12H2/t16-,20+/m0/s1. The predicted octanol–water partition coefficient (Wildman–Crippen LogP) is 4.76. The molecule has 0 saturated heterocycles. The summed E-state index contributed by atoms with van der Waals surface area (Å²) in [5, 5.41) is 16.8. The minimum Gasteiger partial charge on any atom is -0.508 e. The Hall–Kier alpha value is -2.56. The monoisotopic (exact) mass is 346 g/mol. The van der Waals surface area contributed by atoms with Crippen LogP contribution in [0.15, 0.2) is 66.0 Å². The van der Waals surface area contributed by atoms with Gasteiger partial charge in [0.1, 0.15) is 5.75 Å². The van der Waals surface area contributed by atoms with Gasteiger partial charge in [0.05, 0.1) is 6.04 Å². The van der Waals surface area contributed by atoms with E-state index in [0.717, 1.165) is 12.1 Å². The first-order chi connectivity index (χ1) is 12.3. The van der Waals surface area contributed by atoms with E-state index in [1.165, 1.54) is 27.0 Å². The molecule has 0 bridgehead atoms. The zero-order chi connectivity index (χ0) is 16.8. The van der Waals surface area contributed by atoms with Gasteiger partial charge in [0, 0.05) is 33.9 Å². The number of H-pyrrole nitrogens is 1. The zero-order valence-corrected chi connectivity index (χ0v) is 14.4. The number of nitrogens with one attached hydrogen (secondary N) is 2. The molecular formula is C21H18N2OS. The first kappa shape index (κ1) is 14.8.